The van der Waals surface area contributed by atoms with Gasteiger partial charge in [-0.1, -0.05) is 13.8 Å². The molecule has 0 fully saturated rings. The highest BCUT2D eigenvalue weighted by molar-refractivity contribution is 5.86. The van der Waals surface area contributed by atoms with Crippen LogP contribution in [0.5, 0.6) is 6.08 Å². The van der Waals surface area contributed by atoms with Crippen molar-refractivity contribution in [2.24, 2.45) is 5.92 Å². The molecule has 1 aromatic rings. The lowest BCUT2D eigenvalue weighted by Gasteiger charge is -2.05. The fourth-order valence-electron chi connectivity index (χ4n) is 1.13. The van der Waals surface area contributed by atoms with E-state index in [2.05, 4.69) is 18.8 Å². The summed E-state index contributed by atoms with van der Waals surface area (Å²) in [7, 11) is 0. The summed E-state index contributed by atoms with van der Waals surface area (Å²) < 4.78 is 20.2. The van der Waals surface area contributed by atoms with Crippen LogP contribution >= 0.6 is 0 Å². The molecule has 0 saturated heterocycles. The molecule has 1 aromatic heterocycles. The number of oxazole rings is 1. The summed E-state index contributed by atoms with van der Waals surface area (Å²) in [6.45, 7) is 7.63. The van der Waals surface area contributed by atoms with Crippen LogP contribution in [0.25, 0.3) is 0 Å². The Kier molecular flexibility index (Phi) is 6.21. The van der Waals surface area contributed by atoms with Gasteiger partial charge in [0.25, 0.3) is 0 Å². The summed E-state index contributed by atoms with van der Waals surface area (Å²) in [6.07, 6.45) is 1.26. The highest BCUT2D eigenvalue weighted by Crippen LogP contribution is 2.10. The van der Waals surface area contributed by atoms with E-state index in [0.29, 0.717) is 32.3 Å². The van der Waals surface area contributed by atoms with Crippen molar-refractivity contribution < 1.29 is 23.4 Å². The third-order valence-electron chi connectivity index (χ3n) is 1.87. The predicted octanol–water partition coefficient (Wildman–Crippen LogP) is 1.90. The van der Waals surface area contributed by atoms with E-state index < -0.39 is 5.97 Å². The van der Waals surface area contributed by atoms with E-state index in [9.17, 15) is 4.79 Å². The maximum Gasteiger partial charge on any atom is 0.394 e. The molecular weight excluding hydrogens is 238 g/mol. The van der Waals surface area contributed by atoms with Crippen LogP contribution in [0.4, 0.5) is 0 Å². The van der Waals surface area contributed by atoms with Crippen LogP contribution in [-0.2, 0) is 9.47 Å². The fourth-order valence-corrected chi connectivity index (χ4v) is 1.13. The number of carbonyl (C=O) groups excluding carboxylic acids is 1. The fraction of sp³-hybridized carbons (Fsp3) is 0.667. The van der Waals surface area contributed by atoms with Crippen molar-refractivity contribution in [3.8, 4) is 6.08 Å². The van der Waals surface area contributed by atoms with Gasteiger partial charge in [-0.3, -0.25) is 0 Å². The highest BCUT2D eigenvalue weighted by atomic mass is 16.6. The van der Waals surface area contributed by atoms with E-state index in [0.717, 1.165) is 0 Å². The Hall–Kier alpha value is -1.56. The van der Waals surface area contributed by atoms with Crippen LogP contribution in [0.2, 0.25) is 0 Å². The largest absolute Gasteiger partial charge is 0.461 e. The minimum atomic E-state index is -0.521. The van der Waals surface area contributed by atoms with E-state index in [4.69, 9.17) is 18.6 Å². The summed E-state index contributed by atoms with van der Waals surface area (Å²) in [5.41, 5.74) is 0.106. The first-order valence-corrected chi connectivity index (χ1v) is 5.96. The first kappa shape index (κ1) is 14.5. The van der Waals surface area contributed by atoms with E-state index in [1.165, 1.54) is 6.26 Å². The van der Waals surface area contributed by atoms with Crippen molar-refractivity contribution in [2.75, 3.05) is 26.4 Å². The summed E-state index contributed by atoms with van der Waals surface area (Å²) in [5, 5.41) is 0. The molecule has 0 aromatic carbocycles. The SMILES string of the molecule is CCOC(=O)c1coc(OCCOCC(C)C)n1. The molecule has 6 nitrogen and oxygen atoms in total. The molecule has 0 amide bonds. The van der Waals surface area contributed by atoms with Gasteiger partial charge in [0.05, 0.1) is 13.2 Å². The average molecular weight is 257 g/mol. The molecule has 0 spiro atoms. The molecule has 0 aliphatic heterocycles. The number of nitrogens with zero attached hydrogens (tertiary/aromatic N) is 1. The molecule has 0 unspecified atom stereocenters. The van der Waals surface area contributed by atoms with Crippen molar-refractivity contribution in [2.45, 2.75) is 20.8 Å². The van der Waals surface area contributed by atoms with Crippen molar-refractivity contribution in [1.82, 2.24) is 4.98 Å². The normalized spacial score (nSPS) is 10.7. The Morgan fingerprint density at radius 2 is 2.22 bits per heavy atom. The molecule has 0 saturated carbocycles. The van der Waals surface area contributed by atoms with Gasteiger partial charge in [-0.05, 0) is 12.8 Å². The number of rotatable bonds is 8. The third-order valence-corrected chi connectivity index (χ3v) is 1.87. The number of hydrogen-bond donors (Lipinski definition) is 0. The second-order valence-electron chi connectivity index (χ2n) is 4.04. The van der Waals surface area contributed by atoms with Gasteiger partial charge in [-0.2, -0.15) is 4.98 Å². The summed E-state index contributed by atoms with van der Waals surface area (Å²) in [4.78, 5) is 15.1. The minimum absolute atomic E-state index is 0.0474. The van der Waals surface area contributed by atoms with Gasteiger partial charge in [-0.25, -0.2) is 4.79 Å². The van der Waals surface area contributed by atoms with E-state index >= 15 is 0 Å². The molecule has 102 valence electrons. The lowest BCUT2D eigenvalue weighted by atomic mass is 10.2. The van der Waals surface area contributed by atoms with Gasteiger partial charge in [0.15, 0.2) is 5.69 Å². The number of ether oxygens (including phenoxy) is 3. The summed E-state index contributed by atoms with van der Waals surface area (Å²) in [5.74, 6) is -0.0330. The van der Waals surface area contributed by atoms with Crippen LogP contribution in [0, 0.1) is 5.92 Å². The molecular formula is C12H19NO5. The van der Waals surface area contributed by atoms with Crippen LogP contribution < -0.4 is 4.74 Å². The van der Waals surface area contributed by atoms with Gasteiger partial charge in [-0.15, -0.1) is 0 Å². The molecule has 0 radical (unpaired) electrons. The maximum atomic E-state index is 11.3. The monoisotopic (exact) mass is 257 g/mol. The topological polar surface area (TPSA) is 70.8 Å². The molecule has 0 bridgehead atoms. The zero-order valence-electron chi connectivity index (χ0n) is 11.0. The molecule has 1 rings (SSSR count). The Morgan fingerprint density at radius 1 is 1.44 bits per heavy atom. The van der Waals surface area contributed by atoms with E-state index in [-0.39, 0.29) is 11.8 Å². The molecule has 0 aliphatic rings. The molecule has 0 N–H and O–H groups in total. The predicted molar refractivity (Wildman–Crippen MR) is 63.6 cm³/mol. The number of carbonyl (C=O) groups is 1. The number of hydrogen-bond acceptors (Lipinski definition) is 6. The van der Waals surface area contributed by atoms with E-state index in [1.807, 2.05) is 0 Å². The summed E-state index contributed by atoms with van der Waals surface area (Å²) in [6, 6.07) is 0. The van der Waals surface area contributed by atoms with Gasteiger partial charge in [0, 0.05) is 6.61 Å². The van der Waals surface area contributed by atoms with Crippen molar-refractivity contribution in [3.05, 3.63) is 12.0 Å². The van der Waals surface area contributed by atoms with Crippen LogP contribution in [0.3, 0.4) is 0 Å². The van der Waals surface area contributed by atoms with Crippen LogP contribution in [-0.4, -0.2) is 37.4 Å². The average Bonchev–Trinajstić information content (AvgIpc) is 2.77. The maximum absolute atomic E-state index is 11.3. The molecule has 6 heteroatoms. The van der Waals surface area contributed by atoms with E-state index in [1.54, 1.807) is 6.92 Å². The Bertz CT molecular complexity index is 361. The molecule has 0 atom stereocenters. The van der Waals surface area contributed by atoms with Crippen LogP contribution in [0.1, 0.15) is 31.3 Å². The minimum Gasteiger partial charge on any atom is -0.461 e. The number of aromatic nitrogens is 1. The Labute approximate surface area is 106 Å². The molecule has 1 heterocycles. The van der Waals surface area contributed by atoms with Crippen LogP contribution in [0.15, 0.2) is 10.7 Å². The lowest BCUT2D eigenvalue weighted by molar-refractivity contribution is 0.0518. The van der Waals surface area contributed by atoms with Gasteiger partial charge < -0.3 is 18.6 Å². The Balaban J connectivity index is 2.25. The third kappa shape index (κ3) is 5.18. The quantitative estimate of drug-likeness (QED) is 0.523. The van der Waals surface area contributed by atoms with Crippen molar-refractivity contribution >= 4 is 5.97 Å². The second kappa shape index (κ2) is 7.71. The lowest BCUT2D eigenvalue weighted by Crippen LogP contribution is -2.10. The first-order chi connectivity index (χ1) is 8.63. The molecule has 0 aliphatic carbocycles. The summed E-state index contributed by atoms with van der Waals surface area (Å²) >= 11 is 0. The smallest absolute Gasteiger partial charge is 0.394 e. The zero-order chi connectivity index (χ0) is 13.4. The highest BCUT2D eigenvalue weighted by Gasteiger charge is 2.13. The molecule has 18 heavy (non-hydrogen) atoms. The zero-order valence-corrected chi connectivity index (χ0v) is 11.0. The van der Waals surface area contributed by atoms with Gasteiger partial charge >= 0.3 is 12.0 Å². The van der Waals surface area contributed by atoms with Crippen molar-refractivity contribution in [1.29, 1.82) is 0 Å². The Morgan fingerprint density at radius 3 is 2.89 bits per heavy atom. The second-order valence-corrected chi connectivity index (χ2v) is 4.04. The van der Waals surface area contributed by atoms with Gasteiger partial charge in [0.2, 0.25) is 0 Å². The van der Waals surface area contributed by atoms with Gasteiger partial charge in [0.1, 0.15) is 12.9 Å². The van der Waals surface area contributed by atoms with Crippen molar-refractivity contribution in [3.63, 3.8) is 0 Å². The standard InChI is InChI=1S/C12H19NO5/c1-4-16-11(14)10-8-18-12(13-10)17-6-5-15-7-9(2)3/h8-9H,4-7H2,1-3H3. The number of esters is 1. The first-order valence-electron chi connectivity index (χ1n) is 5.96.